The molecule has 19 heavy (non-hydrogen) atoms. The van der Waals surface area contributed by atoms with E-state index in [1.807, 2.05) is 6.07 Å². The minimum absolute atomic E-state index is 0.497. The van der Waals surface area contributed by atoms with Crippen LogP contribution in [-0.4, -0.2) is 27.4 Å². The van der Waals surface area contributed by atoms with Crippen molar-refractivity contribution >= 4 is 23.4 Å². The molecule has 1 fully saturated rings. The molecule has 0 radical (unpaired) electrons. The molecule has 10 heteroatoms. The van der Waals surface area contributed by atoms with E-state index in [1.54, 1.807) is 0 Å². The number of hydrazine groups is 1. The molecule has 0 saturated heterocycles. The Morgan fingerprint density at radius 2 is 2.00 bits per heavy atom. The number of carboxylic acids is 1. The molecule has 2 rings (SSSR count). The summed E-state index contributed by atoms with van der Waals surface area (Å²) in [5.74, 6) is 3.58. The Bertz CT molecular complexity index is 465. The molecule has 106 valence electrons. The number of anilines is 1. The SMILES string of the molecule is NNc1cc(C2CC2)c(Cl)nn1.O=C(O)C(F)(F)F. The van der Waals surface area contributed by atoms with E-state index in [0.29, 0.717) is 16.9 Å². The number of halogens is 4. The maximum atomic E-state index is 10.6. The number of aliphatic carboxylic acids is 1. The molecule has 4 N–H and O–H groups in total. The highest BCUT2D eigenvalue weighted by molar-refractivity contribution is 6.30. The monoisotopic (exact) mass is 298 g/mol. The van der Waals surface area contributed by atoms with Crippen molar-refractivity contribution in [3.63, 3.8) is 0 Å². The maximum absolute atomic E-state index is 10.6. The van der Waals surface area contributed by atoms with Gasteiger partial charge in [0.05, 0.1) is 0 Å². The minimum Gasteiger partial charge on any atom is -0.475 e. The van der Waals surface area contributed by atoms with Gasteiger partial charge >= 0.3 is 12.1 Å². The first-order chi connectivity index (χ1) is 8.75. The molecule has 1 saturated carbocycles. The van der Waals surface area contributed by atoms with Crippen molar-refractivity contribution < 1.29 is 23.1 Å². The van der Waals surface area contributed by atoms with E-state index in [-0.39, 0.29) is 0 Å². The van der Waals surface area contributed by atoms with E-state index in [4.69, 9.17) is 27.3 Å². The van der Waals surface area contributed by atoms with Crippen molar-refractivity contribution in [1.29, 1.82) is 0 Å². The zero-order valence-corrected chi connectivity index (χ0v) is 10.2. The predicted octanol–water partition coefficient (Wildman–Crippen LogP) is 1.93. The third-order valence-corrected chi connectivity index (χ3v) is 2.48. The first-order valence-corrected chi connectivity index (χ1v) is 5.43. The van der Waals surface area contributed by atoms with Crippen molar-refractivity contribution in [3.05, 3.63) is 16.8 Å². The fraction of sp³-hybridized carbons (Fsp3) is 0.444. The number of hydrogen-bond acceptors (Lipinski definition) is 5. The lowest BCUT2D eigenvalue weighted by molar-refractivity contribution is -0.192. The zero-order valence-electron chi connectivity index (χ0n) is 9.41. The first kappa shape index (κ1) is 15.4. The second kappa shape index (κ2) is 6.02. The molecule has 1 aliphatic carbocycles. The standard InChI is InChI=1S/C7H9ClN4.C2HF3O2/c8-7-5(4-1-2-4)3-6(10-9)11-12-7;3-2(4,5)1(6)7/h3-4H,1-2,9H2,(H,10,11);(H,6,7). The number of rotatable bonds is 2. The molecule has 0 aliphatic heterocycles. The Labute approximate surface area is 110 Å². The van der Waals surface area contributed by atoms with Crippen molar-refractivity contribution in [3.8, 4) is 0 Å². The average Bonchev–Trinajstić information content (AvgIpc) is 3.13. The van der Waals surface area contributed by atoms with Crippen LogP contribution in [0.15, 0.2) is 6.07 Å². The second-order valence-electron chi connectivity index (χ2n) is 3.70. The second-order valence-corrected chi connectivity index (χ2v) is 4.06. The van der Waals surface area contributed by atoms with Crippen LogP contribution >= 0.6 is 11.6 Å². The van der Waals surface area contributed by atoms with Crippen molar-refractivity contribution in [2.75, 3.05) is 5.43 Å². The molecular formula is C9H10ClF3N4O2. The lowest BCUT2D eigenvalue weighted by Gasteiger charge is -2.02. The topological polar surface area (TPSA) is 101 Å². The Morgan fingerprint density at radius 3 is 2.37 bits per heavy atom. The fourth-order valence-corrected chi connectivity index (χ4v) is 1.39. The molecule has 1 aromatic heterocycles. The summed E-state index contributed by atoms with van der Waals surface area (Å²) in [6.45, 7) is 0. The molecule has 1 heterocycles. The number of nitrogens with zero attached hydrogens (tertiary/aromatic N) is 2. The molecule has 6 nitrogen and oxygen atoms in total. The van der Waals surface area contributed by atoms with Gasteiger partial charge in [0, 0.05) is 0 Å². The molecule has 0 aromatic carbocycles. The Hall–Kier alpha value is -1.61. The van der Waals surface area contributed by atoms with Gasteiger partial charge in [0.1, 0.15) is 0 Å². The highest BCUT2D eigenvalue weighted by Gasteiger charge is 2.38. The van der Waals surface area contributed by atoms with Crippen LogP contribution in [0, 0.1) is 0 Å². The molecule has 1 aromatic rings. The summed E-state index contributed by atoms with van der Waals surface area (Å²) >= 11 is 5.85. The van der Waals surface area contributed by atoms with E-state index >= 15 is 0 Å². The van der Waals surface area contributed by atoms with Crippen molar-refractivity contribution in [1.82, 2.24) is 10.2 Å². The van der Waals surface area contributed by atoms with Crippen LogP contribution in [0.25, 0.3) is 0 Å². The minimum atomic E-state index is -5.08. The first-order valence-electron chi connectivity index (χ1n) is 5.05. The Morgan fingerprint density at radius 1 is 1.47 bits per heavy atom. The van der Waals surface area contributed by atoms with E-state index in [1.165, 1.54) is 12.8 Å². The van der Waals surface area contributed by atoms with Crippen LogP contribution in [0.2, 0.25) is 5.15 Å². The molecule has 0 atom stereocenters. The number of hydrogen-bond donors (Lipinski definition) is 3. The van der Waals surface area contributed by atoms with Crippen LogP contribution in [0.4, 0.5) is 19.0 Å². The lowest BCUT2D eigenvalue weighted by atomic mass is 10.2. The van der Waals surface area contributed by atoms with Crippen molar-refractivity contribution in [2.45, 2.75) is 24.9 Å². The molecule has 0 bridgehead atoms. The van der Waals surface area contributed by atoms with Gasteiger partial charge in [-0.05, 0) is 30.4 Å². The van der Waals surface area contributed by atoms with E-state index in [0.717, 1.165) is 5.56 Å². The number of carbonyl (C=O) groups is 1. The highest BCUT2D eigenvalue weighted by atomic mass is 35.5. The summed E-state index contributed by atoms with van der Waals surface area (Å²) in [7, 11) is 0. The van der Waals surface area contributed by atoms with Gasteiger partial charge in [0.15, 0.2) is 11.0 Å². The fourth-order valence-electron chi connectivity index (χ4n) is 1.14. The van der Waals surface area contributed by atoms with Crippen LogP contribution in [0.5, 0.6) is 0 Å². The van der Waals surface area contributed by atoms with Crippen LogP contribution in [0.1, 0.15) is 24.3 Å². The Balaban J connectivity index is 0.000000224. The summed E-state index contributed by atoms with van der Waals surface area (Å²) in [5, 5.41) is 15.2. The predicted molar refractivity (Wildman–Crippen MR) is 60.5 cm³/mol. The largest absolute Gasteiger partial charge is 0.490 e. The van der Waals surface area contributed by atoms with Gasteiger partial charge in [0.2, 0.25) is 0 Å². The van der Waals surface area contributed by atoms with Gasteiger partial charge < -0.3 is 10.5 Å². The molecular weight excluding hydrogens is 289 g/mol. The molecule has 1 aliphatic rings. The van der Waals surface area contributed by atoms with E-state index in [9.17, 15) is 13.2 Å². The molecule has 0 spiro atoms. The summed E-state index contributed by atoms with van der Waals surface area (Å²) in [6, 6.07) is 1.85. The maximum Gasteiger partial charge on any atom is 0.490 e. The smallest absolute Gasteiger partial charge is 0.475 e. The van der Waals surface area contributed by atoms with Gasteiger partial charge in [-0.25, -0.2) is 10.6 Å². The number of nitrogens with two attached hydrogens (primary N) is 1. The summed E-state index contributed by atoms with van der Waals surface area (Å²) in [5.41, 5.74) is 3.50. The number of nitrogen functional groups attached to an aromatic ring is 1. The van der Waals surface area contributed by atoms with Crippen LogP contribution < -0.4 is 11.3 Å². The number of carboxylic acid groups (broad SMARTS) is 1. The quantitative estimate of drug-likeness (QED) is 0.569. The highest BCUT2D eigenvalue weighted by Crippen LogP contribution is 2.42. The van der Waals surface area contributed by atoms with Crippen LogP contribution in [0.3, 0.4) is 0 Å². The van der Waals surface area contributed by atoms with Gasteiger partial charge in [-0.1, -0.05) is 11.6 Å². The normalized spacial score (nSPS) is 14.4. The third-order valence-electron chi connectivity index (χ3n) is 2.18. The lowest BCUT2D eigenvalue weighted by Crippen LogP contribution is -2.21. The van der Waals surface area contributed by atoms with E-state index < -0.39 is 12.1 Å². The Kier molecular flexibility index (Phi) is 4.90. The zero-order chi connectivity index (χ0) is 14.6. The van der Waals surface area contributed by atoms with Gasteiger partial charge in [0.25, 0.3) is 0 Å². The van der Waals surface area contributed by atoms with Crippen LogP contribution in [-0.2, 0) is 4.79 Å². The van der Waals surface area contributed by atoms with Gasteiger partial charge in [-0.15, -0.1) is 10.2 Å². The molecule has 0 amide bonds. The number of alkyl halides is 3. The summed E-state index contributed by atoms with van der Waals surface area (Å²) in [6.07, 6.45) is -2.70. The third kappa shape index (κ3) is 4.87. The number of nitrogens with one attached hydrogen (secondary N) is 1. The van der Waals surface area contributed by atoms with Gasteiger partial charge in [-0.2, -0.15) is 13.2 Å². The summed E-state index contributed by atoms with van der Waals surface area (Å²) in [4.78, 5) is 8.90. The summed E-state index contributed by atoms with van der Waals surface area (Å²) < 4.78 is 31.7. The molecule has 0 unspecified atom stereocenters. The average molecular weight is 299 g/mol. The van der Waals surface area contributed by atoms with Crippen molar-refractivity contribution in [2.24, 2.45) is 5.84 Å². The number of aromatic nitrogens is 2. The van der Waals surface area contributed by atoms with Gasteiger partial charge in [-0.3, -0.25) is 0 Å². The van der Waals surface area contributed by atoms with E-state index in [2.05, 4.69) is 15.6 Å².